The van der Waals surface area contributed by atoms with E-state index in [2.05, 4.69) is 5.32 Å². The van der Waals surface area contributed by atoms with E-state index in [4.69, 9.17) is 5.11 Å². The fourth-order valence-electron chi connectivity index (χ4n) is 1.02. The number of carbonyl (C=O) groups excluding carboxylic acids is 1. The number of nitrogens with one attached hydrogen (secondary N) is 1. The Kier molecular flexibility index (Phi) is 3.14. The summed E-state index contributed by atoms with van der Waals surface area (Å²) in [5.41, 5.74) is -0.224. The van der Waals surface area contributed by atoms with Crippen LogP contribution in [0.25, 0.3) is 0 Å². The van der Waals surface area contributed by atoms with Gasteiger partial charge in [-0.25, -0.2) is 8.78 Å². The Balaban J connectivity index is 3.09. The lowest BCUT2D eigenvalue weighted by Gasteiger charge is -2.03. The number of halogens is 2. The first-order chi connectivity index (χ1) is 6.56. The molecule has 3 nitrogen and oxygen atoms in total. The molecule has 0 aromatic heterocycles. The highest BCUT2D eigenvalue weighted by Crippen LogP contribution is 2.20. The van der Waals surface area contributed by atoms with Crippen molar-refractivity contribution in [1.82, 2.24) is 5.32 Å². The Bertz CT molecular complexity index is 366. The van der Waals surface area contributed by atoms with Crippen molar-refractivity contribution in [3.05, 3.63) is 29.3 Å². The van der Waals surface area contributed by atoms with Crippen molar-refractivity contribution in [2.45, 2.75) is 0 Å². The van der Waals surface area contributed by atoms with Gasteiger partial charge in [0.2, 0.25) is 0 Å². The van der Waals surface area contributed by atoms with E-state index in [1.54, 1.807) is 0 Å². The molecule has 0 fully saturated rings. The van der Waals surface area contributed by atoms with Crippen molar-refractivity contribution in [2.75, 3.05) is 13.6 Å². The average Bonchev–Trinajstić information content (AvgIpc) is 2.11. The second-order valence-corrected chi connectivity index (χ2v) is 2.74. The smallest absolute Gasteiger partial charge is 0.180 e. The van der Waals surface area contributed by atoms with Gasteiger partial charge in [-0.1, -0.05) is 0 Å². The summed E-state index contributed by atoms with van der Waals surface area (Å²) >= 11 is 0. The van der Waals surface area contributed by atoms with Gasteiger partial charge in [0.15, 0.2) is 17.4 Å². The van der Waals surface area contributed by atoms with Crippen molar-refractivity contribution in [1.29, 1.82) is 0 Å². The van der Waals surface area contributed by atoms with Crippen LogP contribution in [0.3, 0.4) is 0 Å². The SMILES string of the molecule is CNCC(=O)c1cc(F)c(F)cc1O. The zero-order chi connectivity index (χ0) is 10.7. The van der Waals surface area contributed by atoms with Crippen LogP contribution in [0.4, 0.5) is 8.78 Å². The lowest BCUT2D eigenvalue weighted by molar-refractivity contribution is 0.0990. The van der Waals surface area contributed by atoms with E-state index in [0.29, 0.717) is 12.1 Å². The average molecular weight is 201 g/mol. The number of rotatable bonds is 3. The highest BCUT2D eigenvalue weighted by molar-refractivity contribution is 5.99. The second-order valence-electron chi connectivity index (χ2n) is 2.74. The number of likely N-dealkylation sites (N-methyl/N-ethyl adjacent to an activating group) is 1. The van der Waals surface area contributed by atoms with E-state index >= 15 is 0 Å². The molecule has 0 aliphatic heterocycles. The maximum Gasteiger partial charge on any atom is 0.180 e. The fourth-order valence-corrected chi connectivity index (χ4v) is 1.02. The minimum absolute atomic E-state index is 0.0430. The van der Waals surface area contributed by atoms with Crippen LogP contribution in [-0.4, -0.2) is 24.5 Å². The molecule has 0 bridgehead atoms. The Morgan fingerprint density at radius 3 is 2.57 bits per heavy atom. The molecule has 0 heterocycles. The van der Waals surface area contributed by atoms with Crippen LogP contribution in [0.1, 0.15) is 10.4 Å². The number of hydrogen-bond donors (Lipinski definition) is 2. The molecule has 0 aliphatic carbocycles. The van der Waals surface area contributed by atoms with Gasteiger partial charge in [-0.2, -0.15) is 0 Å². The number of Topliss-reactive ketones (excluding diaryl/α,β-unsaturated/α-hetero) is 1. The molecule has 5 heteroatoms. The summed E-state index contributed by atoms with van der Waals surface area (Å²) in [5.74, 6) is -3.38. The molecule has 0 spiro atoms. The van der Waals surface area contributed by atoms with E-state index < -0.39 is 23.2 Å². The normalized spacial score (nSPS) is 10.2. The first-order valence-corrected chi connectivity index (χ1v) is 3.92. The number of aromatic hydroxyl groups is 1. The fraction of sp³-hybridized carbons (Fsp3) is 0.222. The minimum atomic E-state index is -1.18. The summed E-state index contributed by atoms with van der Waals surface area (Å²) in [6, 6.07) is 1.27. The van der Waals surface area contributed by atoms with E-state index in [1.165, 1.54) is 7.05 Å². The third-order valence-corrected chi connectivity index (χ3v) is 1.68. The third-order valence-electron chi connectivity index (χ3n) is 1.68. The highest BCUT2D eigenvalue weighted by Gasteiger charge is 2.14. The number of benzene rings is 1. The van der Waals surface area contributed by atoms with Crippen LogP contribution in [0.2, 0.25) is 0 Å². The molecule has 14 heavy (non-hydrogen) atoms. The molecule has 1 aromatic rings. The summed E-state index contributed by atoms with van der Waals surface area (Å²) < 4.78 is 25.2. The van der Waals surface area contributed by atoms with Crippen LogP contribution in [0, 0.1) is 11.6 Å². The van der Waals surface area contributed by atoms with Crippen molar-refractivity contribution in [3.8, 4) is 5.75 Å². The molecule has 0 saturated carbocycles. The van der Waals surface area contributed by atoms with Gasteiger partial charge in [0.1, 0.15) is 5.75 Å². The molecule has 0 aliphatic rings. The van der Waals surface area contributed by atoms with Gasteiger partial charge >= 0.3 is 0 Å². The Labute approximate surface area is 79.4 Å². The quantitative estimate of drug-likeness (QED) is 0.719. The van der Waals surface area contributed by atoms with Crippen LogP contribution >= 0.6 is 0 Å². The standard InChI is InChI=1S/C9H9F2NO2/c1-12-4-9(14)5-2-6(10)7(11)3-8(5)13/h2-3,12-13H,4H2,1H3. The molecule has 0 atom stereocenters. The number of hydrogen-bond acceptors (Lipinski definition) is 3. The second kappa shape index (κ2) is 4.15. The Hall–Kier alpha value is -1.49. The summed E-state index contributed by atoms with van der Waals surface area (Å²) in [7, 11) is 1.54. The first-order valence-electron chi connectivity index (χ1n) is 3.92. The number of ketones is 1. The summed E-state index contributed by atoms with van der Waals surface area (Å²) in [5, 5.41) is 11.7. The number of phenols is 1. The molecule has 1 aromatic carbocycles. The summed E-state index contributed by atoms with van der Waals surface area (Å²) in [4.78, 5) is 11.2. The van der Waals surface area contributed by atoms with E-state index in [0.717, 1.165) is 0 Å². The van der Waals surface area contributed by atoms with Crippen LogP contribution in [0.15, 0.2) is 12.1 Å². The zero-order valence-corrected chi connectivity index (χ0v) is 7.47. The monoisotopic (exact) mass is 201 g/mol. The van der Waals surface area contributed by atoms with E-state index in [-0.39, 0.29) is 12.1 Å². The number of carbonyl (C=O) groups is 1. The topological polar surface area (TPSA) is 49.3 Å². The van der Waals surface area contributed by atoms with E-state index in [1.807, 2.05) is 0 Å². The Morgan fingerprint density at radius 1 is 1.43 bits per heavy atom. The van der Waals surface area contributed by atoms with Gasteiger partial charge in [0.25, 0.3) is 0 Å². The van der Waals surface area contributed by atoms with Gasteiger partial charge in [0, 0.05) is 6.07 Å². The predicted octanol–water partition coefficient (Wildman–Crippen LogP) is 1.07. The maximum absolute atomic E-state index is 12.7. The minimum Gasteiger partial charge on any atom is -0.507 e. The molecule has 0 saturated heterocycles. The van der Waals surface area contributed by atoms with Crippen LogP contribution in [-0.2, 0) is 0 Å². The van der Waals surface area contributed by atoms with Gasteiger partial charge in [-0.15, -0.1) is 0 Å². The number of phenolic OH excluding ortho intramolecular Hbond substituents is 1. The highest BCUT2D eigenvalue weighted by atomic mass is 19.2. The summed E-state index contributed by atoms with van der Waals surface area (Å²) in [6.07, 6.45) is 0. The molecule has 76 valence electrons. The summed E-state index contributed by atoms with van der Waals surface area (Å²) in [6.45, 7) is -0.0430. The van der Waals surface area contributed by atoms with Crippen molar-refractivity contribution >= 4 is 5.78 Å². The van der Waals surface area contributed by atoms with Crippen molar-refractivity contribution in [2.24, 2.45) is 0 Å². The van der Waals surface area contributed by atoms with Crippen LogP contribution in [0.5, 0.6) is 5.75 Å². The van der Waals surface area contributed by atoms with E-state index in [9.17, 15) is 13.6 Å². The van der Waals surface area contributed by atoms with Crippen LogP contribution < -0.4 is 5.32 Å². The molecular formula is C9H9F2NO2. The first kappa shape index (κ1) is 10.6. The lowest BCUT2D eigenvalue weighted by atomic mass is 10.1. The Morgan fingerprint density at radius 2 is 2.00 bits per heavy atom. The maximum atomic E-state index is 12.7. The molecule has 1 rings (SSSR count). The van der Waals surface area contributed by atoms with Gasteiger partial charge in [-0.05, 0) is 13.1 Å². The molecule has 0 radical (unpaired) electrons. The molecule has 2 N–H and O–H groups in total. The zero-order valence-electron chi connectivity index (χ0n) is 7.47. The van der Waals surface area contributed by atoms with Gasteiger partial charge in [-0.3, -0.25) is 4.79 Å². The third kappa shape index (κ3) is 2.05. The van der Waals surface area contributed by atoms with Crippen molar-refractivity contribution in [3.63, 3.8) is 0 Å². The largest absolute Gasteiger partial charge is 0.507 e. The van der Waals surface area contributed by atoms with Crippen molar-refractivity contribution < 1.29 is 18.7 Å². The molecule has 0 unspecified atom stereocenters. The molecular weight excluding hydrogens is 192 g/mol. The van der Waals surface area contributed by atoms with Gasteiger partial charge in [0.05, 0.1) is 12.1 Å². The molecule has 0 amide bonds. The predicted molar refractivity (Wildman–Crippen MR) is 46.3 cm³/mol. The lowest BCUT2D eigenvalue weighted by Crippen LogP contribution is -2.18. The van der Waals surface area contributed by atoms with Gasteiger partial charge < -0.3 is 10.4 Å².